The lowest BCUT2D eigenvalue weighted by atomic mass is 9.85. The first-order valence-electron chi connectivity index (χ1n) is 8.80. The zero-order valence-corrected chi connectivity index (χ0v) is 14.1. The van der Waals surface area contributed by atoms with Crippen molar-refractivity contribution in [3.63, 3.8) is 0 Å². The fourth-order valence-electron chi connectivity index (χ4n) is 4.73. The zero-order valence-electron chi connectivity index (χ0n) is 14.1. The third-order valence-electron chi connectivity index (χ3n) is 5.84. The average Bonchev–Trinajstić information content (AvgIpc) is 3.39. The molecule has 3 aliphatic rings. The normalized spacial score (nSPS) is 29.3. The van der Waals surface area contributed by atoms with E-state index < -0.39 is 0 Å². The minimum Gasteiger partial charge on any atom is -0.335 e. The van der Waals surface area contributed by atoms with Crippen LogP contribution in [-0.2, 0) is 16.1 Å². The highest BCUT2D eigenvalue weighted by Crippen LogP contribution is 2.52. The molecule has 2 aliphatic carbocycles. The topological polar surface area (TPSA) is 54.7 Å². The molecule has 26 heavy (non-hydrogen) atoms. The Labute approximate surface area is 151 Å². The first-order chi connectivity index (χ1) is 12.7. The summed E-state index contributed by atoms with van der Waals surface area (Å²) in [5, 5.41) is 6.35. The first kappa shape index (κ1) is 15.2. The molecule has 1 aliphatic heterocycles. The Kier molecular flexibility index (Phi) is 3.17. The van der Waals surface area contributed by atoms with Crippen LogP contribution in [0.25, 0.3) is 10.9 Å². The first-order valence-corrected chi connectivity index (χ1v) is 8.80. The van der Waals surface area contributed by atoms with Crippen molar-refractivity contribution in [1.29, 1.82) is 0 Å². The minimum absolute atomic E-state index is 0.166. The lowest BCUT2D eigenvalue weighted by Gasteiger charge is -2.13. The number of fused-ring (bicyclic) bond motifs is 6. The van der Waals surface area contributed by atoms with E-state index in [1.54, 1.807) is 6.21 Å². The summed E-state index contributed by atoms with van der Waals surface area (Å²) in [5.74, 6) is 2.24. The van der Waals surface area contributed by atoms with Crippen LogP contribution < -0.4 is 0 Å². The number of nitrogens with zero attached hydrogens (tertiary/aromatic N) is 3. The Morgan fingerprint density at radius 2 is 1.85 bits per heavy atom. The largest absolute Gasteiger partial charge is 0.335 e. The SMILES string of the molecule is C#CCn1cc(C=NN2C(=O)[C@@H]3[C@H](C2=O)[C@H]2C=C[C@H]3C2)c2ccccc21. The van der Waals surface area contributed by atoms with Gasteiger partial charge in [-0.2, -0.15) is 10.1 Å². The van der Waals surface area contributed by atoms with Gasteiger partial charge < -0.3 is 4.57 Å². The van der Waals surface area contributed by atoms with Crippen molar-refractivity contribution in [3.8, 4) is 12.3 Å². The number of carbonyl (C=O) groups is 2. The molecule has 0 N–H and O–H groups in total. The van der Waals surface area contributed by atoms with Crippen LogP contribution in [0.1, 0.15) is 12.0 Å². The smallest absolute Gasteiger partial charge is 0.254 e. The molecule has 2 amide bonds. The average molecular weight is 343 g/mol. The highest BCUT2D eigenvalue weighted by Gasteiger charge is 2.59. The van der Waals surface area contributed by atoms with Gasteiger partial charge >= 0.3 is 0 Å². The van der Waals surface area contributed by atoms with Crippen LogP contribution in [0.2, 0.25) is 0 Å². The summed E-state index contributed by atoms with van der Waals surface area (Å²) in [4.78, 5) is 25.4. The van der Waals surface area contributed by atoms with E-state index in [9.17, 15) is 9.59 Å². The van der Waals surface area contributed by atoms with E-state index in [4.69, 9.17) is 6.42 Å². The van der Waals surface area contributed by atoms with Gasteiger partial charge in [0.25, 0.3) is 11.8 Å². The van der Waals surface area contributed by atoms with Gasteiger partial charge in [0.1, 0.15) is 0 Å². The molecular weight excluding hydrogens is 326 g/mol. The van der Waals surface area contributed by atoms with Crippen LogP contribution in [0.3, 0.4) is 0 Å². The number of terminal acetylenes is 1. The third-order valence-corrected chi connectivity index (χ3v) is 5.84. The van der Waals surface area contributed by atoms with Crippen molar-refractivity contribution in [2.45, 2.75) is 13.0 Å². The lowest BCUT2D eigenvalue weighted by Crippen LogP contribution is -2.28. The second-order valence-corrected chi connectivity index (χ2v) is 7.17. The maximum atomic E-state index is 12.7. The predicted molar refractivity (Wildman–Crippen MR) is 97.9 cm³/mol. The molecule has 128 valence electrons. The standard InChI is InChI=1S/C21H17N3O2/c1-2-9-23-12-15(16-5-3-4-6-17(16)23)11-22-24-20(25)18-13-7-8-14(10-13)19(18)21(24)26/h1,3-8,11-14,18-19H,9-10H2/t13-,14-,18-,19+/m0/s1. The van der Waals surface area contributed by atoms with Crippen LogP contribution >= 0.6 is 0 Å². The third kappa shape index (κ3) is 1.96. The van der Waals surface area contributed by atoms with E-state index in [1.807, 2.05) is 35.0 Å². The molecule has 1 aromatic carbocycles. The summed E-state index contributed by atoms with van der Waals surface area (Å²) in [6, 6.07) is 7.87. The van der Waals surface area contributed by atoms with Crippen molar-refractivity contribution in [3.05, 3.63) is 48.2 Å². The zero-order chi connectivity index (χ0) is 17.8. The highest BCUT2D eigenvalue weighted by molar-refractivity contribution is 6.07. The van der Waals surface area contributed by atoms with E-state index >= 15 is 0 Å². The number of imide groups is 1. The molecule has 5 heteroatoms. The molecule has 5 rings (SSSR count). The quantitative estimate of drug-likeness (QED) is 0.372. The summed E-state index contributed by atoms with van der Waals surface area (Å²) >= 11 is 0. The molecular formula is C21H17N3O2. The Balaban J connectivity index is 1.48. The maximum Gasteiger partial charge on any atom is 0.254 e. The van der Waals surface area contributed by atoms with Crippen molar-refractivity contribution >= 4 is 28.9 Å². The minimum atomic E-state index is -0.225. The predicted octanol–water partition coefficient (Wildman–Crippen LogP) is 2.42. The van der Waals surface area contributed by atoms with E-state index in [1.165, 1.54) is 0 Å². The second kappa shape index (κ2) is 5.43. The Bertz CT molecular complexity index is 1010. The van der Waals surface area contributed by atoms with Crippen molar-refractivity contribution in [2.75, 3.05) is 0 Å². The molecule has 4 atom stereocenters. The van der Waals surface area contributed by atoms with Crippen LogP contribution in [0, 0.1) is 36.0 Å². The number of allylic oxidation sites excluding steroid dienone is 2. The summed E-state index contributed by atoms with van der Waals surface area (Å²) < 4.78 is 1.96. The number of hydrogen-bond donors (Lipinski definition) is 0. The number of benzene rings is 1. The number of amides is 2. The summed E-state index contributed by atoms with van der Waals surface area (Å²) in [6.45, 7) is 0.453. The number of hydrazone groups is 1. The fraction of sp³-hybridized carbons (Fsp3) is 0.286. The summed E-state index contributed by atoms with van der Waals surface area (Å²) in [6.07, 6.45) is 14.0. The molecule has 2 bridgehead atoms. The summed E-state index contributed by atoms with van der Waals surface area (Å²) in [5.41, 5.74) is 1.85. The molecule has 1 saturated heterocycles. The molecule has 2 aromatic rings. The highest BCUT2D eigenvalue weighted by atomic mass is 16.2. The van der Waals surface area contributed by atoms with E-state index in [0.717, 1.165) is 27.9 Å². The van der Waals surface area contributed by atoms with Gasteiger partial charge in [-0.05, 0) is 24.3 Å². The molecule has 1 saturated carbocycles. The Morgan fingerprint density at radius 3 is 2.54 bits per heavy atom. The molecule has 2 fully saturated rings. The van der Waals surface area contributed by atoms with Gasteiger partial charge in [-0.3, -0.25) is 9.59 Å². The lowest BCUT2D eigenvalue weighted by molar-refractivity contribution is -0.140. The van der Waals surface area contributed by atoms with Gasteiger partial charge in [-0.1, -0.05) is 36.3 Å². The van der Waals surface area contributed by atoms with Crippen LogP contribution in [0.5, 0.6) is 0 Å². The van der Waals surface area contributed by atoms with Crippen LogP contribution in [0.4, 0.5) is 0 Å². The van der Waals surface area contributed by atoms with Crippen LogP contribution in [0.15, 0.2) is 47.7 Å². The number of rotatable bonds is 3. The molecule has 0 spiro atoms. The number of hydrogen-bond acceptors (Lipinski definition) is 3. The molecule has 0 unspecified atom stereocenters. The van der Waals surface area contributed by atoms with Crippen molar-refractivity contribution < 1.29 is 9.59 Å². The Morgan fingerprint density at radius 1 is 1.15 bits per heavy atom. The van der Waals surface area contributed by atoms with Gasteiger partial charge in [0.2, 0.25) is 0 Å². The monoisotopic (exact) mass is 343 g/mol. The molecule has 1 aromatic heterocycles. The number of carbonyl (C=O) groups excluding carboxylic acids is 2. The van der Waals surface area contributed by atoms with Gasteiger partial charge in [0, 0.05) is 22.7 Å². The van der Waals surface area contributed by atoms with Crippen LogP contribution in [-0.4, -0.2) is 27.6 Å². The molecule has 0 radical (unpaired) electrons. The van der Waals surface area contributed by atoms with E-state index in [0.29, 0.717) is 6.54 Å². The van der Waals surface area contributed by atoms with E-state index in [2.05, 4.69) is 23.2 Å². The van der Waals surface area contributed by atoms with Gasteiger partial charge in [0.15, 0.2) is 0 Å². The second-order valence-electron chi connectivity index (χ2n) is 7.17. The Hall–Kier alpha value is -3.13. The molecule has 2 heterocycles. The number of para-hydroxylation sites is 1. The maximum absolute atomic E-state index is 12.7. The summed E-state index contributed by atoms with van der Waals surface area (Å²) in [7, 11) is 0. The van der Waals surface area contributed by atoms with Gasteiger partial charge in [-0.25, -0.2) is 0 Å². The van der Waals surface area contributed by atoms with E-state index in [-0.39, 0.29) is 35.5 Å². The van der Waals surface area contributed by atoms with Crippen molar-refractivity contribution in [2.24, 2.45) is 28.8 Å². The molecule has 5 nitrogen and oxygen atoms in total. The van der Waals surface area contributed by atoms with Gasteiger partial charge in [0.05, 0.1) is 24.6 Å². The number of aromatic nitrogens is 1. The fourth-order valence-corrected chi connectivity index (χ4v) is 4.73. The van der Waals surface area contributed by atoms with Crippen molar-refractivity contribution in [1.82, 2.24) is 9.58 Å². The van der Waals surface area contributed by atoms with Gasteiger partial charge in [-0.15, -0.1) is 6.42 Å².